The van der Waals surface area contributed by atoms with Crippen LogP contribution in [-0.4, -0.2) is 15.7 Å². The molecule has 2 heterocycles. The maximum Gasteiger partial charge on any atom is 0.290 e. The molecule has 1 fully saturated rings. The van der Waals surface area contributed by atoms with Crippen LogP contribution in [-0.2, 0) is 11.8 Å². The highest BCUT2D eigenvalue weighted by molar-refractivity contribution is 8.18. The lowest BCUT2D eigenvalue weighted by Gasteiger charge is -2.07. The van der Waals surface area contributed by atoms with E-state index in [1.807, 2.05) is 35.9 Å². The molecule has 4 nitrogen and oxygen atoms in total. The van der Waals surface area contributed by atoms with E-state index in [0.717, 1.165) is 28.7 Å². The third kappa shape index (κ3) is 2.92. The Morgan fingerprint density at radius 1 is 1.14 bits per heavy atom. The highest BCUT2D eigenvalue weighted by atomic mass is 35.5. The number of nitrogens with one attached hydrogen (secondary N) is 1. The van der Waals surface area contributed by atoms with Crippen molar-refractivity contribution >= 4 is 52.2 Å². The predicted molar refractivity (Wildman–Crippen MR) is 90.0 cm³/mol. The Bertz CT molecular complexity index is 807. The summed E-state index contributed by atoms with van der Waals surface area (Å²) in [6.07, 6.45) is 1.68. The Kier molecular flexibility index (Phi) is 4.04. The number of hydrogen-bond donors (Lipinski definition) is 1. The summed E-state index contributed by atoms with van der Waals surface area (Å²) in [6, 6.07) is 9.09. The molecule has 1 saturated heterocycles. The van der Waals surface area contributed by atoms with Gasteiger partial charge >= 0.3 is 0 Å². The van der Waals surface area contributed by atoms with Gasteiger partial charge in [-0.1, -0.05) is 23.2 Å². The summed E-state index contributed by atoms with van der Waals surface area (Å²) in [4.78, 5) is 23.2. The van der Waals surface area contributed by atoms with E-state index in [9.17, 15) is 9.59 Å². The Morgan fingerprint density at radius 3 is 2.41 bits per heavy atom. The molecule has 0 saturated carbocycles. The van der Waals surface area contributed by atoms with Gasteiger partial charge in [-0.2, -0.15) is 0 Å². The Labute approximate surface area is 141 Å². The Hall–Kier alpha value is -1.69. The minimum Gasteiger partial charge on any atom is -0.344 e. The zero-order chi connectivity index (χ0) is 15.9. The average molecular weight is 353 g/mol. The molecule has 0 atom stereocenters. The fraction of sp³-hybridized carbons (Fsp3) is 0.0667. The number of aromatic nitrogens is 1. The molecule has 0 spiro atoms. The SMILES string of the molecule is Cn1c(C=C2SC(=O)NC2=O)ccc1-c1cc(Cl)cc(Cl)c1. The first kappa shape index (κ1) is 15.2. The van der Waals surface area contributed by atoms with Gasteiger partial charge in [0.05, 0.1) is 4.91 Å². The molecule has 0 bridgehead atoms. The minimum absolute atomic E-state index is 0.354. The van der Waals surface area contributed by atoms with Gasteiger partial charge in [0, 0.05) is 34.0 Å². The van der Waals surface area contributed by atoms with E-state index < -0.39 is 0 Å². The quantitative estimate of drug-likeness (QED) is 0.818. The van der Waals surface area contributed by atoms with Crippen molar-refractivity contribution in [3.63, 3.8) is 0 Å². The van der Waals surface area contributed by atoms with Crippen molar-refractivity contribution < 1.29 is 9.59 Å². The first-order valence-corrected chi connectivity index (χ1v) is 7.88. The van der Waals surface area contributed by atoms with Gasteiger partial charge in [0.25, 0.3) is 11.1 Å². The molecule has 0 unspecified atom stereocenters. The molecule has 22 heavy (non-hydrogen) atoms. The molecule has 0 aliphatic carbocycles. The summed E-state index contributed by atoms with van der Waals surface area (Å²) < 4.78 is 1.91. The first-order valence-electron chi connectivity index (χ1n) is 6.31. The fourth-order valence-corrected chi connectivity index (χ4v) is 3.41. The maximum absolute atomic E-state index is 11.6. The molecule has 1 aromatic carbocycles. The van der Waals surface area contributed by atoms with E-state index in [4.69, 9.17) is 23.2 Å². The van der Waals surface area contributed by atoms with Crippen molar-refractivity contribution in [3.05, 3.63) is 51.0 Å². The number of nitrogens with zero attached hydrogens (tertiary/aromatic N) is 1. The Balaban J connectivity index is 2.01. The van der Waals surface area contributed by atoms with Crippen LogP contribution >= 0.6 is 35.0 Å². The van der Waals surface area contributed by atoms with Gasteiger partial charge < -0.3 is 4.57 Å². The largest absolute Gasteiger partial charge is 0.344 e. The van der Waals surface area contributed by atoms with Crippen molar-refractivity contribution in [2.24, 2.45) is 7.05 Å². The van der Waals surface area contributed by atoms with Gasteiger partial charge in [-0.3, -0.25) is 14.9 Å². The van der Waals surface area contributed by atoms with E-state index in [1.165, 1.54) is 0 Å². The number of imide groups is 1. The normalized spacial score (nSPS) is 16.4. The third-order valence-electron chi connectivity index (χ3n) is 3.24. The molecule has 2 aromatic rings. The average Bonchev–Trinajstić information content (AvgIpc) is 2.93. The van der Waals surface area contributed by atoms with Crippen LogP contribution in [0.4, 0.5) is 4.79 Å². The Morgan fingerprint density at radius 2 is 1.82 bits per heavy atom. The summed E-state index contributed by atoms with van der Waals surface area (Å²) in [5.41, 5.74) is 2.59. The molecule has 1 N–H and O–H groups in total. The van der Waals surface area contributed by atoms with Crippen LogP contribution in [0, 0.1) is 0 Å². The molecular weight excluding hydrogens is 343 g/mol. The summed E-state index contributed by atoms with van der Waals surface area (Å²) in [5.74, 6) is -0.372. The number of rotatable bonds is 2. The zero-order valence-corrected chi connectivity index (χ0v) is 13.7. The van der Waals surface area contributed by atoms with Crippen LogP contribution in [0.1, 0.15) is 5.69 Å². The molecule has 3 rings (SSSR count). The molecule has 2 amide bonds. The van der Waals surface area contributed by atoms with E-state index >= 15 is 0 Å². The highest BCUT2D eigenvalue weighted by Gasteiger charge is 2.25. The van der Waals surface area contributed by atoms with E-state index in [-0.39, 0.29) is 11.1 Å². The van der Waals surface area contributed by atoms with Crippen LogP contribution < -0.4 is 5.32 Å². The first-order chi connectivity index (χ1) is 10.4. The summed E-state index contributed by atoms with van der Waals surface area (Å²) in [7, 11) is 1.87. The number of carbonyl (C=O) groups is 2. The van der Waals surface area contributed by atoms with Crippen molar-refractivity contribution in [2.45, 2.75) is 0 Å². The van der Waals surface area contributed by atoms with Gasteiger partial charge in [-0.05, 0) is 48.2 Å². The van der Waals surface area contributed by atoms with Crippen molar-refractivity contribution in [1.82, 2.24) is 9.88 Å². The molecule has 1 aromatic heterocycles. The highest BCUT2D eigenvalue weighted by Crippen LogP contribution is 2.30. The monoisotopic (exact) mass is 352 g/mol. The van der Waals surface area contributed by atoms with Gasteiger partial charge in [-0.15, -0.1) is 0 Å². The second-order valence-electron chi connectivity index (χ2n) is 4.71. The van der Waals surface area contributed by atoms with Gasteiger partial charge in [0.15, 0.2) is 0 Å². The van der Waals surface area contributed by atoms with Crippen LogP contribution in [0.3, 0.4) is 0 Å². The number of halogens is 2. The van der Waals surface area contributed by atoms with Gasteiger partial charge in [0.2, 0.25) is 0 Å². The van der Waals surface area contributed by atoms with E-state index in [2.05, 4.69) is 5.32 Å². The lowest BCUT2D eigenvalue weighted by Crippen LogP contribution is -2.17. The van der Waals surface area contributed by atoms with Crippen molar-refractivity contribution in [2.75, 3.05) is 0 Å². The van der Waals surface area contributed by atoms with Crippen LogP contribution in [0.5, 0.6) is 0 Å². The summed E-state index contributed by atoms with van der Waals surface area (Å²) >= 11 is 13.0. The zero-order valence-electron chi connectivity index (χ0n) is 11.4. The fourth-order valence-electron chi connectivity index (χ4n) is 2.22. The molecular formula is C15H10Cl2N2O2S. The number of benzene rings is 1. The smallest absolute Gasteiger partial charge is 0.290 e. The predicted octanol–water partition coefficient (Wildman–Crippen LogP) is 4.32. The second-order valence-corrected chi connectivity index (χ2v) is 6.60. The van der Waals surface area contributed by atoms with Crippen LogP contribution in [0.15, 0.2) is 35.2 Å². The summed E-state index contributed by atoms with van der Waals surface area (Å²) in [5, 5.41) is 2.99. The van der Waals surface area contributed by atoms with Crippen LogP contribution in [0.2, 0.25) is 10.0 Å². The summed E-state index contributed by atoms with van der Waals surface area (Å²) in [6.45, 7) is 0. The molecule has 1 aliphatic rings. The van der Waals surface area contributed by atoms with Gasteiger partial charge in [-0.25, -0.2) is 0 Å². The van der Waals surface area contributed by atoms with Crippen LogP contribution in [0.25, 0.3) is 17.3 Å². The van der Waals surface area contributed by atoms with E-state index in [0.29, 0.717) is 15.0 Å². The molecule has 112 valence electrons. The minimum atomic E-state index is -0.372. The van der Waals surface area contributed by atoms with Crippen molar-refractivity contribution in [3.8, 4) is 11.3 Å². The molecule has 0 radical (unpaired) electrons. The third-order valence-corrected chi connectivity index (χ3v) is 4.49. The number of thioether (sulfide) groups is 1. The number of carbonyl (C=O) groups excluding carboxylic acids is 2. The van der Waals surface area contributed by atoms with Gasteiger partial charge in [0.1, 0.15) is 0 Å². The van der Waals surface area contributed by atoms with E-state index in [1.54, 1.807) is 12.1 Å². The van der Waals surface area contributed by atoms with Crippen molar-refractivity contribution in [1.29, 1.82) is 0 Å². The molecule has 1 aliphatic heterocycles. The lowest BCUT2D eigenvalue weighted by molar-refractivity contribution is -0.115. The second kappa shape index (κ2) is 5.83. The number of hydrogen-bond acceptors (Lipinski definition) is 3. The molecule has 7 heteroatoms. The standard InChI is InChI=1S/C15H10Cl2N2O2S/c1-19-11(7-13-14(20)18-15(21)22-13)2-3-12(19)8-4-9(16)6-10(17)5-8/h2-7H,1H3,(H,18,20,21). The topological polar surface area (TPSA) is 51.1 Å². The maximum atomic E-state index is 11.6. The number of amides is 2. The lowest BCUT2D eigenvalue weighted by atomic mass is 10.1.